The van der Waals surface area contributed by atoms with Gasteiger partial charge in [0.1, 0.15) is 7.59 Å². The zero-order valence-corrected chi connectivity index (χ0v) is 21.7. The van der Waals surface area contributed by atoms with E-state index >= 15 is 0 Å². The Kier molecular flexibility index (Phi) is 5.99. The van der Waals surface area contributed by atoms with E-state index in [2.05, 4.69) is 120 Å². The number of hydrogen-bond donors (Lipinski definition) is 0. The van der Waals surface area contributed by atoms with Crippen LogP contribution in [-0.2, 0) is 0 Å². The molecule has 0 bridgehead atoms. The molecule has 1 unspecified atom stereocenters. The molecule has 0 spiro atoms. The van der Waals surface area contributed by atoms with E-state index < -0.39 is 23.0 Å². The van der Waals surface area contributed by atoms with Crippen LogP contribution in [0.5, 0.6) is 0 Å². The Morgan fingerprint density at radius 2 is 1.00 bits per heavy atom. The molecule has 0 nitrogen and oxygen atoms in total. The summed E-state index contributed by atoms with van der Waals surface area (Å²) < 4.78 is 0. The maximum Gasteiger partial charge on any atom is 0.107 e. The summed E-state index contributed by atoms with van der Waals surface area (Å²) in [5.74, 6) is 0. The van der Waals surface area contributed by atoms with Gasteiger partial charge in [0.05, 0.1) is 7.83 Å². The van der Waals surface area contributed by atoms with Crippen molar-refractivity contribution in [2.45, 2.75) is 47.0 Å². The molecule has 0 saturated carbocycles. The summed E-state index contributed by atoms with van der Waals surface area (Å²) in [5, 5.41) is 4.98. The molecule has 3 heteroatoms. The molecule has 0 heterocycles. The second-order valence-corrected chi connectivity index (χ2v) is 33.1. The number of hydrogen-bond acceptors (Lipinski definition) is 0. The maximum atomic E-state index is 2.67. The van der Waals surface area contributed by atoms with E-state index in [1.54, 1.807) is 15.6 Å². The van der Waals surface area contributed by atoms with Gasteiger partial charge in [-0.15, -0.1) is 0 Å². The summed E-state index contributed by atoms with van der Waals surface area (Å²) in [5.41, 5.74) is 4.45. The van der Waals surface area contributed by atoms with Crippen molar-refractivity contribution in [3.05, 3.63) is 89.5 Å². The summed E-state index contributed by atoms with van der Waals surface area (Å²) in [6, 6.07) is 27.8. The molecule has 0 aliphatic carbocycles. The highest BCUT2D eigenvalue weighted by atomic mass is 29.6. The van der Waals surface area contributed by atoms with Crippen LogP contribution in [0.2, 0.25) is 26.2 Å². The highest BCUT2D eigenvalue weighted by molar-refractivity contribution is 7.69. The standard InChI is InChI=1S/C25H34Si3/c1-20-18-21(2)25(22(3)19-20)26(27(4,5)6)28(7,23-14-10-8-11-15-23)24-16-12-9-13-17-24/h8-19,26H,1-7H3. The third-order valence-electron chi connectivity index (χ3n) is 6.22. The van der Waals surface area contributed by atoms with Crippen molar-refractivity contribution in [1.29, 1.82) is 0 Å². The van der Waals surface area contributed by atoms with Crippen LogP contribution in [0.25, 0.3) is 0 Å². The fourth-order valence-corrected chi connectivity index (χ4v) is 46.3. The highest BCUT2D eigenvalue weighted by Crippen LogP contribution is 2.22. The van der Waals surface area contributed by atoms with Gasteiger partial charge in [0.15, 0.2) is 0 Å². The van der Waals surface area contributed by atoms with Gasteiger partial charge >= 0.3 is 0 Å². The number of rotatable bonds is 5. The van der Waals surface area contributed by atoms with E-state index in [4.69, 9.17) is 0 Å². The van der Waals surface area contributed by atoms with Crippen molar-refractivity contribution in [3.63, 3.8) is 0 Å². The number of benzene rings is 3. The Morgan fingerprint density at radius 1 is 0.607 bits per heavy atom. The van der Waals surface area contributed by atoms with E-state index in [0.717, 1.165) is 0 Å². The zero-order valence-electron chi connectivity index (χ0n) is 18.5. The molecule has 3 rings (SSSR count). The lowest BCUT2D eigenvalue weighted by molar-refractivity contribution is 1.35. The molecule has 0 radical (unpaired) electrons. The first-order valence-corrected chi connectivity index (χ1v) is 20.5. The van der Waals surface area contributed by atoms with Crippen LogP contribution in [0.15, 0.2) is 72.8 Å². The zero-order chi connectivity index (χ0) is 20.5. The summed E-state index contributed by atoms with van der Waals surface area (Å²) in [4.78, 5) is 0. The van der Waals surface area contributed by atoms with E-state index in [0.29, 0.717) is 0 Å². The van der Waals surface area contributed by atoms with E-state index in [1.165, 1.54) is 16.7 Å². The third kappa shape index (κ3) is 3.89. The van der Waals surface area contributed by atoms with Gasteiger partial charge in [-0.05, 0) is 20.8 Å². The Labute approximate surface area is 174 Å². The minimum atomic E-state index is -1.89. The number of aryl methyl sites for hydroxylation is 3. The average molecular weight is 419 g/mol. The van der Waals surface area contributed by atoms with Gasteiger partial charge in [-0.1, -0.05) is 131 Å². The largest absolute Gasteiger partial charge is 0.107 e. The minimum absolute atomic E-state index is 1.29. The van der Waals surface area contributed by atoms with Gasteiger partial charge in [-0.25, -0.2) is 0 Å². The summed E-state index contributed by atoms with van der Waals surface area (Å²) >= 11 is 0. The molecule has 146 valence electrons. The van der Waals surface area contributed by atoms with E-state index in [9.17, 15) is 0 Å². The molecule has 0 amide bonds. The Bertz CT molecular complexity index is 878. The first kappa shape index (κ1) is 21.0. The first-order valence-electron chi connectivity index (χ1n) is 10.3. The second-order valence-electron chi connectivity index (χ2n) is 9.55. The molecule has 0 N–H and O–H groups in total. The molecule has 0 fully saturated rings. The highest BCUT2D eigenvalue weighted by Gasteiger charge is 2.49. The molecular formula is C25H34Si3. The van der Waals surface area contributed by atoms with Crippen LogP contribution in [0.3, 0.4) is 0 Å². The molecule has 0 aromatic heterocycles. The Morgan fingerprint density at radius 3 is 1.36 bits per heavy atom. The molecular weight excluding hydrogens is 385 g/mol. The lowest BCUT2D eigenvalue weighted by Gasteiger charge is -2.44. The summed E-state index contributed by atoms with van der Waals surface area (Å²) in [6.45, 7) is 17.5. The van der Waals surface area contributed by atoms with Crippen molar-refractivity contribution in [2.24, 2.45) is 0 Å². The van der Waals surface area contributed by atoms with Crippen molar-refractivity contribution in [1.82, 2.24) is 0 Å². The predicted molar refractivity (Wildman–Crippen MR) is 135 cm³/mol. The SMILES string of the molecule is Cc1cc(C)c([SiH]([Si](C)(C)C)[Si](C)(c2ccccc2)c2ccccc2)c(C)c1. The predicted octanol–water partition coefficient (Wildman–Crippen LogP) is 4.43. The van der Waals surface area contributed by atoms with Gasteiger partial charge in [-0.2, -0.15) is 0 Å². The van der Waals surface area contributed by atoms with Gasteiger partial charge < -0.3 is 0 Å². The summed E-state index contributed by atoms with van der Waals surface area (Å²) in [7, 11) is -4.58. The van der Waals surface area contributed by atoms with E-state index in [1.807, 2.05) is 0 Å². The van der Waals surface area contributed by atoms with Gasteiger partial charge in [0, 0.05) is 7.59 Å². The van der Waals surface area contributed by atoms with Crippen LogP contribution >= 0.6 is 0 Å². The maximum absolute atomic E-state index is 2.67. The molecule has 0 aliphatic rings. The minimum Gasteiger partial charge on any atom is -0.0716 e. The van der Waals surface area contributed by atoms with Crippen molar-refractivity contribution < 1.29 is 0 Å². The van der Waals surface area contributed by atoms with Gasteiger partial charge in [0.25, 0.3) is 0 Å². The van der Waals surface area contributed by atoms with Gasteiger partial charge in [-0.3, -0.25) is 0 Å². The molecule has 28 heavy (non-hydrogen) atoms. The third-order valence-corrected chi connectivity index (χ3v) is 39.0. The van der Waals surface area contributed by atoms with E-state index in [-0.39, 0.29) is 0 Å². The quantitative estimate of drug-likeness (QED) is 0.538. The smallest absolute Gasteiger partial charge is 0.0716 e. The normalized spacial score (nSPS) is 13.4. The van der Waals surface area contributed by atoms with Crippen LogP contribution in [-0.4, -0.2) is 23.0 Å². The van der Waals surface area contributed by atoms with Crippen LogP contribution in [0.4, 0.5) is 0 Å². The van der Waals surface area contributed by atoms with Crippen molar-refractivity contribution >= 4 is 38.6 Å². The summed E-state index contributed by atoms with van der Waals surface area (Å²) in [6.07, 6.45) is 0. The second kappa shape index (κ2) is 7.97. The fraction of sp³-hybridized carbons (Fsp3) is 0.280. The topological polar surface area (TPSA) is 0 Å². The Balaban J connectivity index is 2.38. The fourth-order valence-electron chi connectivity index (χ4n) is 5.30. The van der Waals surface area contributed by atoms with Crippen LogP contribution < -0.4 is 15.6 Å². The molecule has 0 saturated heterocycles. The first-order chi connectivity index (χ1) is 13.2. The lowest BCUT2D eigenvalue weighted by atomic mass is 10.1. The van der Waals surface area contributed by atoms with Crippen LogP contribution in [0.1, 0.15) is 16.7 Å². The molecule has 3 aromatic rings. The molecule has 3 aromatic carbocycles. The molecule has 0 aliphatic heterocycles. The average Bonchev–Trinajstić information content (AvgIpc) is 2.64. The lowest BCUT2D eigenvalue weighted by Crippen LogP contribution is -2.78. The van der Waals surface area contributed by atoms with Crippen molar-refractivity contribution in [3.8, 4) is 0 Å². The Hall–Kier alpha value is -1.69. The monoisotopic (exact) mass is 418 g/mol. The van der Waals surface area contributed by atoms with Gasteiger partial charge in [0.2, 0.25) is 0 Å². The van der Waals surface area contributed by atoms with Crippen LogP contribution in [0, 0.1) is 20.8 Å². The molecule has 1 atom stereocenters. The van der Waals surface area contributed by atoms with Crippen molar-refractivity contribution in [2.75, 3.05) is 0 Å².